The van der Waals surface area contributed by atoms with Crippen LogP contribution in [0.3, 0.4) is 0 Å². The summed E-state index contributed by atoms with van der Waals surface area (Å²) in [4.78, 5) is 128. The zero-order chi connectivity index (χ0) is 75.2. The summed E-state index contributed by atoms with van der Waals surface area (Å²) in [5, 5.41) is 113. The number of carbonyl (C=O) groups excluding carboxylic acids is 9. The van der Waals surface area contributed by atoms with Gasteiger partial charge >= 0.3 is 0 Å². The van der Waals surface area contributed by atoms with Gasteiger partial charge in [-0.1, -0.05) is 33.6 Å². The molecule has 0 aromatic carbocycles. The molecule has 3 aliphatic heterocycles. The molecule has 0 saturated carbocycles. The van der Waals surface area contributed by atoms with Crippen molar-refractivity contribution in [1.82, 2.24) is 47.9 Å². The molecule has 40 heteroatoms. The van der Waals surface area contributed by atoms with Crippen molar-refractivity contribution >= 4 is 60.8 Å². The van der Waals surface area contributed by atoms with E-state index in [-0.39, 0.29) is 130 Å². The quantitative estimate of drug-likeness (QED) is 0.0199. The van der Waals surface area contributed by atoms with E-state index in [1.54, 1.807) is 20.8 Å². The molecular weight excluding hydrogens is 1370 g/mol. The molecule has 0 aromatic rings. The Hall–Kier alpha value is -5.34. The van der Waals surface area contributed by atoms with Gasteiger partial charge < -0.3 is 150 Å². The Morgan fingerprint density at radius 1 is 0.426 bits per heavy atom. The Morgan fingerprint density at radius 3 is 1.14 bits per heavy atom. The smallest absolute Gasteiger partial charge is 0.242 e. The molecule has 9 amide bonds. The highest BCUT2D eigenvalue weighted by atomic mass is 31.2. The second-order valence-electron chi connectivity index (χ2n) is 25.1. The molecule has 584 valence electrons. The topological polar surface area (TPSA) is 576 Å². The number of hydrogen-bond donors (Lipinski definition) is 18. The van der Waals surface area contributed by atoms with Crippen LogP contribution in [0.5, 0.6) is 0 Å². The maximum absolute atomic E-state index is 13.8. The van der Waals surface area contributed by atoms with Crippen molar-refractivity contribution in [3.05, 3.63) is 0 Å². The predicted molar refractivity (Wildman–Crippen MR) is 346 cm³/mol. The summed E-state index contributed by atoms with van der Waals surface area (Å²) in [6.45, 7) is 5.09. The van der Waals surface area contributed by atoms with Crippen molar-refractivity contribution in [2.45, 2.75) is 221 Å². The number of ether oxygens (including phenoxy) is 9. The Balaban J connectivity index is 1.64. The molecule has 0 aliphatic carbocycles. The second-order valence-corrected chi connectivity index (χ2v) is 27.7. The SMILES string of the molecule is CC(=O)NC1C(OCCOCCNC(=O)CC[C@H](NC(=O)CC[C@H](NC(=O)CCCC(=O)NCCCCCCOP(=O)([O-])C(C)(C)C)C(=O)NCCOCCOC2OC(CO)C(O)C(O)C2NC(C)=O)C(=O)NCCOCCOC2OC(CO)C(O)C(O)C2NC(C)=O)OC(CO)C(O)C1O. The third-order valence-corrected chi connectivity index (χ3v) is 18.0. The third-order valence-electron chi connectivity index (χ3n) is 15.8. The Morgan fingerprint density at radius 2 is 0.762 bits per heavy atom. The van der Waals surface area contributed by atoms with E-state index in [2.05, 4.69) is 47.9 Å². The van der Waals surface area contributed by atoms with E-state index in [9.17, 15) is 98.6 Å². The van der Waals surface area contributed by atoms with E-state index < -0.39 is 190 Å². The standard InChI is InChI=1S/C61H110N9O30P/c1-35(74)66-47-53(84)50(81)40(32-71)98-58(47)94-29-26-91-23-19-63-44(78)16-14-38(56(87)64-20-24-92-27-30-95-59-48(67-36(2)75)54(85)51(82)41(33-72)99-59)70-46(80)17-15-39(69-45(79)13-11-12-43(77)62-18-9-7-8-10-22-97-101(89,90)61(4,5)6)57(88)65-21-25-93-28-31-96-60-49(68-37(3)76)55(86)52(83)42(34-73)100-60/h38-42,47-55,58-60,71-73,81-86H,7-34H2,1-6H3,(H,62,77)(H,63,78)(H,64,87)(H,65,88)(H,66,74)(H,67,75)(H,68,76)(H,69,79)(H,70,80)(H,89,90)/p-1/t38-,39-,40?,41?,42?,47?,48?,49?,50?,51?,52?,53?,54?,55?,58?,59?,60?/m0/s1. The summed E-state index contributed by atoms with van der Waals surface area (Å²) in [6, 6.07) is -6.34. The van der Waals surface area contributed by atoms with Crippen LogP contribution in [0, 0.1) is 0 Å². The van der Waals surface area contributed by atoms with Crippen molar-refractivity contribution < 1.29 is 146 Å². The maximum atomic E-state index is 13.8. The molecular formula is C61H109N9O30P-. The molecule has 101 heavy (non-hydrogen) atoms. The van der Waals surface area contributed by atoms with E-state index in [0.717, 1.165) is 0 Å². The molecule has 3 rings (SSSR count). The lowest BCUT2D eigenvalue weighted by molar-refractivity contribution is -0.272. The summed E-state index contributed by atoms with van der Waals surface area (Å²) in [5.41, 5.74) is 0. The first-order valence-corrected chi connectivity index (χ1v) is 35.3. The van der Waals surface area contributed by atoms with Gasteiger partial charge in [-0.3, -0.25) is 43.2 Å². The Kier molecular flexibility index (Phi) is 42.6. The maximum Gasteiger partial charge on any atom is 0.242 e. The van der Waals surface area contributed by atoms with Gasteiger partial charge in [0, 0.05) is 77.8 Å². The number of aliphatic hydroxyl groups excluding tert-OH is 9. The van der Waals surface area contributed by atoms with Gasteiger partial charge in [0.05, 0.1) is 85.9 Å². The first-order valence-electron chi connectivity index (χ1n) is 33.8. The van der Waals surface area contributed by atoms with Crippen LogP contribution in [-0.4, -0.2) is 320 Å². The Bertz CT molecular complexity index is 2570. The second kappa shape index (κ2) is 47.9. The minimum absolute atomic E-state index is 0.0414. The van der Waals surface area contributed by atoms with E-state index in [1.165, 1.54) is 20.8 Å². The first kappa shape index (κ1) is 89.9. The number of unbranched alkanes of at least 4 members (excludes halogenated alkanes) is 3. The summed E-state index contributed by atoms with van der Waals surface area (Å²) < 4.78 is 67.5. The van der Waals surface area contributed by atoms with Gasteiger partial charge in [0.15, 0.2) is 18.9 Å². The number of rotatable bonds is 49. The van der Waals surface area contributed by atoms with Gasteiger partial charge in [0.2, 0.25) is 53.2 Å². The summed E-state index contributed by atoms with van der Waals surface area (Å²) in [7, 11) is -4.03. The van der Waals surface area contributed by atoms with Crippen LogP contribution in [0.25, 0.3) is 0 Å². The lowest BCUT2D eigenvalue weighted by Gasteiger charge is -2.42. The number of nitrogens with one attached hydrogen (secondary N) is 9. The lowest BCUT2D eigenvalue weighted by atomic mass is 9.97. The summed E-state index contributed by atoms with van der Waals surface area (Å²) >= 11 is 0. The van der Waals surface area contributed by atoms with Gasteiger partial charge in [0.25, 0.3) is 0 Å². The fourth-order valence-electron chi connectivity index (χ4n) is 10.2. The number of aliphatic hydroxyl groups is 9. The van der Waals surface area contributed by atoms with Crippen LogP contribution in [-0.2, 0) is 94.9 Å². The van der Waals surface area contributed by atoms with Crippen LogP contribution in [0.15, 0.2) is 0 Å². The van der Waals surface area contributed by atoms with E-state index in [1.807, 2.05) is 0 Å². The first-order chi connectivity index (χ1) is 47.8. The normalized spacial score (nSPS) is 26.4. The van der Waals surface area contributed by atoms with Crippen molar-refractivity contribution in [3.8, 4) is 0 Å². The van der Waals surface area contributed by atoms with Gasteiger partial charge in [-0.2, -0.15) is 0 Å². The fraction of sp³-hybridized carbons (Fsp3) is 0.852. The predicted octanol–water partition coefficient (Wildman–Crippen LogP) is -7.99. The van der Waals surface area contributed by atoms with Gasteiger partial charge in [-0.05, 0) is 32.1 Å². The zero-order valence-corrected chi connectivity index (χ0v) is 59.1. The number of amides is 9. The van der Waals surface area contributed by atoms with E-state index >= 15 is 0 Å². The van der Waals surface area contributed by atoms with Crippen LogP contribution >= 0.6 is 7.60 Å². The van der Waals surface area contributed by atoms with Crippen LogP contribution in [0.4, 0.5) is 0 Å². The van der Waals surface area contributed by atoms with Crippen LogP contribution < -0.4 is 52.7 Å². The molecule has 0 bridgehead atoms. The average molecular weight is 1480 g/mol. The molecule has 3 fully saturated rings. The fourth-order valence-corrected chi connectivity index (χ4v) is 11.0. The minimum Gasteiger partial charge on any atom is -0.778 e. The van der Waals surface area contributed by atoms with E-state index in [4.69, 9.17) is 47.2 Å². The molecule has 18 N–H and O–H groups in total. The molecule has 39 nitrogen and oxygen atoms in total. The molecule has 0 radical (unpaired) electrons. The van der Waals surface area contributed by atoms with Crippen molar-refractivity contribution in [3.63, 3.8) is 0 Å². The lowest BCUT2D eigenvalue weighted by Crippen LogP contribution is -2.64. The number of carbonyl (C=O) groups is 9. The highest BCUT2D eigenvalue weighted by Crippen LogP contribution is 2.51. The molecule has 3 heterocycles. The van der Waals surface area contributed by atoms with Gasteiger partial charge in [-0.15, -0.1) is 0 Å². The molecule has 18 atom stereocenters. The van der Waals surface area contributed by atoms with Crippen molar-refractivity contribution in [2.75, 3.05) is 112 Å². The molecule has 16 unspecified atom stereocenters. The Labute approximate surface area is 586 Å². The van der Waals surface area contributed by atoms with Crippen LogP contribution in [0.2, 0.25) is 0 Å². The third kappa shape index (κ3) is 33.5. The highest BCUT2D eigenvalue weighted by Gasteiger charge is 2.48. The van der Waals surface area contributed by atoms with Gasteiger partial charge in [0.1, 0.15) is 92.7 Å². The monoisotopic (exact) mass is 1480 g/mol. The highest BCUT2D eigenvalue weighted by molar-refractivity contribution is 7.53. The van der Waals surface area contributed by atoms with Gasteiger partial charge in [-0.25, -0.2) is 0 Å². The average Bonchev–Trinajstić information content (AvgIpc) is 0.823. The minimum atomic E-state index is -4.03. The van der Waals surface area contributed by atoms with Crippen molar-refractivity contribution in [2.24, 2.45) is 0 Å². The molecule has 0 aromatic heterocycles. The number of hydrogen-bond acceptors (Lipinski definition) is 30. The zero-order valence-electron chi connectivity index (χ0n) is 58.2. The van der Waals surface area contributed by atoms with Crippen molar-refractivity contribution in [1.29, 1.82) is 0 Å². The van der Waals surface area contributed by atoms with E-state index in [0.29, 0.717) is 32.2 Å². The molecule has 0 spiro atoms. The largest absolute Gasteiger partial charge is 0.778 e. The summed E-state index contributed by atoms with van der Waals surface area (Å²) in [5.74, 6) is -5.56. The molecule has 3 saturated heterocycles. The van der Waals surface area contributed by atoms with Crippen LogP contribution in [0.1, 0.15) is 112 Å². The molecule has 3 aliphatic rings. The summed E-state index contributed by atoms with van der Waals surface area (Å²) in [6.07, 6.45) is -15.9.